The number of pyridine rings is 1. The van der Waals surface area contributed by atoms with E-state index in [0.717, 1.165) is 59.5 Å². The Morgan fingerprint density at radius 1 is 1.50 bits per heavy atom. The normalized spacial score (nSPS) is 17.3. The smallest absolute Gasteiger partial charge is 0.226 e. The van der Waals surface area contributed by atoms with Crippen molar-refractivity contribution in [1.29, 1.82) is 0 Å². The van der Waals surface area contributed by atoms with Crippen LogP contribution in [0.5, 0.6) is 0 Å². The molecule has 0 spiro atoms. The van der Waals surface area contributed by atoms with Crippen molar-refractivity contribution in [3.8, 4) is 0 Å². The number of piperidine rings is 1. The largest absolute Gasteiger partial charge is 0.369 e. The number of aromatic amines is 1. The lowest BCUT2D eigenvalue weighted by Crippen LogP contribution is -2.43. The van der Waals surface area contributed by atoms with Gasteiger partial charge in [0.1, 0.15) is 5.65 Å². The first-order valence-electron chi connectivity index (χ1n) is 8.85. The molecule has 1 saturated heterocycles. The Kier molecular flexibility index (Phi) is 6.31. The number of hydrogen-bond donors (Lipinski definition) is 3. The van der Waals surface area contributed by atoms with Crippen molar-refractivity contribution < 1.29 is 4.79 Å². The van der Waals surface area contributed by atoms with E-state index in [-0.39, 0.29) is 30.3 Å². The van der Waals surface area contributed by atoms with Gasteiger partial charge in [-0.25, -0.2) is 4.98 Å². The highest BCUT2D eigenvalue weighted by Gasteiger charge is 2.25. The standard InChI is InChI=1S/C19H27N5O.ClH/c1-11(2)14-8-21-18-16(15(9-22-18)23-19(25)12(3)4)17(14)24-7-5-6-13(20)10-24;/h8-9,12-13H,1,5-7,10,20H2,2-4H3,(H,21,22)(H,23,25);1H/t13-;/m1./s1. The number of hydrogen-bond acceptors (Lipinski definition) is 4. The van der Waals surface area contributed by atoms with Crippen LogP contribution in [0.2, 0.25) is 0 Å². The number of carbonyl (C=O) groups excluding carboxylic acids is 1. The van der Waals surface area contributed by atoms with Crippen LogP contribution in [0.25, 0.3) is 16.6 Å². The quantitative estimate of drug-likeness (QED) is 0.760. The average molecular weight is 378 g/mol. The highest BCUT2D eigenvalue weighted by molar-refractivity contribution is 6.09. The van der Waals surface area contributed by atoms with E-state index in [1.165, 1.54) is 0 Å². The summed E-state index contributed by atoms with van der Waals surface area (Å²) in [5.74, 6) is -0.1000. The minimum atomic E-state index is -0.0888. The molecule has 0 unspecified atom stereocenters. The van der Waals surface area contributed by atoms with Gasteiger partial charge in [0.2, 0.25) is 5.91 Å². The number of halogens is 1. The number of aromatic nitrogens is 2. The molecule has 142 valence electrons. The van der Waals surface area contributed by atoms with Crippen molar-refractivity contribution in [2.24, 2.45) is 11.7 Å². The summed E-state index contributed by atoms with van der Waals surface area (Å²) in [5, 5.41) is 3.96. The number of nitrogens with zero attached hydrogens (tertiary/aromatic N) is 2. The molecule has 0 aromatic carbocycles. The number of anilines is 2. The third kappa shape index (κ3) is 3.86. The van der Waals surface area contributed by atoms with E-state index in [4.69, 9.17) is 5.73 Å². The van der Waals surface area contributed by atoms with E-state index in [9.17, 15) is 4.79 Å². The van der Waals surface area contributed by atoms with Crippen LogP contribution in [-0.4, -0.2) is 35.0 Å². The fraction of sp³-hybridized carbons (Fsp3) is 0.474. The number of rotatable bonds is 4. The minimum absolute atomic E-state index is 0. The topological polar surface area (TPSA) is 87.0 Å². The molecule has 1 atom stereocenters. The maximum atomic E-state index is 12.2. The van der Waals surface area contributed by atoms with E-state index in [2.05, 4.69) is 26.8 Å². The van der Waals surface area contributed by atoms with Crippen LogP contribution >= 0.6 is 12.4 Å². The van der Waals surface area contributed by atoms with Crippen molar-refractivity contribution in [2.45, 2.75) is 39.7 Å². The second kappa shape index (κ2) is 8.10. The Hall–Kier alpha value is -2.05. The van der Waals surface area contributed by atoms with Gasteiger partial charge in [-0.05, 0) is 25.3 Å². The Labute approximate surface area is 160 Å². The summed E-state index contributed by atoms with van der Waals surface area (Å²) in [4.78, 5) is 22.2. The molecule has 0 radical (unpaired) electrons. The van der Waals surface area contributed by atoms with Crippen LogP contribution in [0, 0.1) is 5.92 Å². The zero-order valence-electron chi connectivity index (χ0n) is 15.6. The molecule has 1 aliphatic rings. The Morgan fingerprint density at radius 3 is 2.85 bits per heavy atom. The Bertz CT molecular complexity index is 814. The lowest BCUT2D eigenvalue weighted by atomic mass is 10.0. The fourth-order valence-corrected chi connectivity index (χ4v) is 3.31. The van der Waals surface area contributed by atoms with Gasteiger partial charge >= 0.3 is 0 Å². The highest BCUT2D eigenvalue weighted by Crippen LogP contribution is 2.38. The Morgan fingerprint density at radius 2 is 2.23 bits per heavy atom. The molecule has 3 rings (SSSR count). The summed E-state index contributed by atoms with van der Waals surface area (Å²) in [6.45, 7) is 11.6. The number of nitrogens with two attached hydrogens (primary N) is 1. The van der Waals surface area contributed by atoms with Gasteiger partial charge in [0, 0.05) is 43.0 Å². The zero-order valence-corrected chi connectivity index (χ0v) is 16.4. The van der Waals surface area contributed by atoms with Crippen LogP contribution < -0.4 is 16.0 Å². The number of amides is 1. The molecular formula is C19H28ClN5O. The van der Waals surface area contributed by atoms with Crippen LogP contribution in [-0.2, 0) is 4.79 Å². The van der Waals surface area contributed by atoms with Crippen molar-refractivity contribution in [1.82, 2.24) is 9.97 Å². The number of carbonyl (C=O) groups is 1. The number of fused-ring (bicyclic) bond motifs is 1. The van der Waals surface area contributed by atoms with E-state index in [0.29, 0.717) is 0 Å². The first kappa shape index (κ1) is 20.3. The lowest BCUT2D eigenvalue weighted by molar-refractivity contribution is -0.118. The van der Waals surface area contributed by atoms with Crippen LogP contribution in [0.3, 0.4) is 0 Å². The van der Waals surface area contributed by atoms with Gasteiger partial charge in [0.25, 0.3) is 0 Å². The fourth-order valence-electron chi connectivity index (χ4n) is 3.31. The number of allylic oxidation sites excluding steroid dienone is 1. The molecule has 0 aliphatic carbocycles. The Balaban J connectivity index is 0.00000243. The summed E-state index contributed by atoms with van der Waals surface area (Å²) in [6, 6.07) is 0.155. The molecule has 2 aromatic rings. The van der Waals surface area contributed by atoms with Crippen molar-refractivity contribution in [3.63, 3.8) is 0 Å². The number of nitrogens with one attached hydrogen (secondary N) is 2. The second-order valence-corrected chi connectivity index (χ2v) is 7.22. The van der Waals surface area contributed by atoms with Gasteiger partial charge in [0.15, 0.2) is 0 Å². The highest BCUT2D eigenvalue weighted by atomic mass is 35.5. The third-order valence-corrected chi connectivity index (χ3v) is 4.69. The molecule has 1 aliphatic heterocycles. The molecule has 0 bridgehead atoms. The van der Waals surface area contributed by atoms with E-state index in [1.807, 2.05) is 33.2 Å². The monoisotopic (exact) mass is 377 g/mol. The first-order chi connectivity index (χ1) is 11.9. The van der Waals surface area contributed by atoms with E-state index in [1.54, 1.807) is 0 Å². The predicted octanol–water partition coefficient (Wildman–Crippen LogP) is 3.54. The molecule has 0 saturated carbocycles. The van der Waals surface area contributed by atoms with Gasteiger partial charge in [-0.3, -0.25) is 4.79 Å². The maximum absolute atomic E-state index is 12.2. The molecule has 3 heterocycles. The predicted molar refractivity (Wildman–Crippen MR) is 111 cm³/mol. The summed E-state index contributed by atoms with van der Waals surface area (Å²) in [7, 11) is 0. The maximum Gasteiger partial charge on any atom is 0.226 e. The van der Waals surface area contributed by atoms with Gasteiger partial charge < -0.3 is 20.9 Å². The molecule has 1 amide bonds. The van der Waals surface area contributed by atoms with Crippen molar-refractivity contribution in [2.75, 3.05) is 23.3 Å². The molecular weight excluding hydrogens is 350 g/mol. The van der Waals surface area contributed by atoms with Gasteiger partial charge in [-0.15, -0.1) is 12.4 Å². The summed E-state index contributed by atoms with van der Waals surface area (Å²) < 4.78 is 0. The first-order valence-corrected chi connectivity index (χ1v) is 8.85. The SMILES string of the molecule is C=C(C)c1cnc2[nH]cc(NC(=O)C(C)C)c2c1N1CCC[C@@H](N)C1.Cl. The molecule has 6 nitrogen and oxygen atoms in total. The lowest BCUT2D eigenvalue weighted by Gasteiger charge is -2.34. The molecule has 1 fully saturated rings. The van der Waals surface area contributed by atoms with Gasteiger partial charge in [-0.2, -0.15) is 0 Å². The van der Waals surface area contributed by atoms with Gasteiger partial charge in [0.05, 0.1) is 16.8 Å². The minimum Gasteiger partial charge on any atom is -0.369 e. The molecule has 4 N–H and O–H groups in total. The molecule has 26 heavy (non-hydrogen) atoms. The molecule has 7 heteroatoms. The molecule has 2 aromatic heterocycles. The van der Waals surface area contributed by atoms with E-state index < -0.39 is 0 Å². The average Bonchev–Trinajstić information content (AvgIpc) is 2.96. The van der Waals surface area contributed by atoms with Crippen molar-refractivity contribution >= 4 is 46.3 Å². The van der Waals surface area contributed by atoms with E-state index >= 15 is 0 Å². The van der Waals surface area contributed by atoms with Crippen LogP contribution in [0.4, 0.5) is 11.4 Å². The third-order valence-electron chi connectivity index (χ3n) is 4.69. The number of H-pyrrole nitrogens is 1. The van der Waals surface area contributed by atoms with Gasteiger partial charge in [-0.1, -0.05) is 20.4 Å². The second-order valence-electron chi connectivity index (χ2n) is 7.22. The van der Waals surface area contributed by atoms with Crippen molar-refractivity contribution in [3.05, 3.63) is 24.5 Å². The van der Waals surface area contributed by atoms with Crippen LogP contribution in [0.1, 0.15) is 39.2 Å². The summed E-state index contributed by atoms with van der Waals surface area (Å²) in [5.41, 5.74) is 10.7. The summed E-state index contributed by atoms with van der Waals surface area (Å²) >= 11 is 0. The summed E-state index contributed by atoms with van der Waals surface area (Å²) in [6.07, 6.45) is 5.76. The zero-order chi connectivity index (χ0) is 18.1. The van der Waals surface area contributed by atoms with Crippen LogP contribution in [0.15, 0.2) is 19.0 Å².